The number of rotatable bonds is 5. The zero-order valence-corrected chi connectivity index (χ0v) is 24.0. The van der Waals surface area contributed by atoms with Crippen LogP contribution in [0.2, 0.25) is 0 Å². The molecule has 6 rings (SSSR count). The van der Waals surface area contributed by atoms with Gasteiger partial charge in [-0.3, -0.25) is 9.69 Å². The topological polar surface area (TPSA) is 69.0 Å². The Kier molecular flexibility index (Phi) is 7.58. The van der Waals surface area contributed by atoms with Gasteiger partial charge >= 0.3 is 5.97 Å². The van der Waals surface area contributed by atoms with E-state index in [2.05, 4.69) is 45.6 Å². The maximum atomic E-state index is 12.0. The molecule has 3 heterocycles. The predicted octanol–water partition coefficient (Wildman–Crippen LogP) is 5.74. The van der Waals surface area contributed by atoms with E-state index in [4.69, 9.17) is 0 Å². The second-order valence-electron chi connectivity index (χ2n) is 12.0. The molecule has 212 valence electrons. The standard InChI is InChI=1S/C33H42N4O3/c1-23-9-11-28-29(21-23)36(18-16-34-13-6-14-35(17-15-34)24(2)38)19-20-37-30-22-26(33(39)40)10-12-27(30)31(32(28)37)25-7-4-3-5-8-25/h9-12,21-22,25H,3-8,13-20H2,1-2H3,(H,39,40). The molecule has 1 saturated heterocycles. The molecule has 1 saturated carbocycles. The number of carboxylic acid groups (broad SMARTS) is 1. The van der Waals surface area contributed by atoms with Crippen molar-refractivity contribution in [1.82, 2.24) is 14.4 Å². The van der Waals surface area contributed by atoms with Crippen LogP contribution in [0.15, 0.2) is 36.4 Å². The third kappa shape index (κ3) is 5.12. The van der Waals surface area contributed by atoms with E-state index in [0.717, 1.165) is 64.3 Å². The highest BCUT2D eigenvalue weighted by molar-refractivity contribution is 5.99. The fourth-order valence-electron chi connectivity index (χ4n) is 7.28. The van der Waals surface area contributed by atoms with Crippen molar-refractivity contribution in [2.75, 3.05) is 50.7 Å². The number of aromatic nitrogens is 1. The molecule has 2 aliphatic heterocycles. The number of benzene rings is 2. The lowest BCUT2D eigenvalue weighted by molar-refractivity contribution is -0.128. The molecule has 1 aliphatic carbocycles. The number of carbonyl (C=O) groups excluding carboxylic acids is 1. The molecular formula is C33H42N4O3. The van der Waals surface area contributed by atoms with E-state index in [-0.39, 0.29) is 5.91 Å². The highest BCUT2D eigenvalue weighted by atomic mass is 16.4. The SMILES string of the molecule is CC(=O)N1CCCN(CCN2CCn3c(c(C4CCCCC4)c4ccc(C(=O)O)cc43)-c3ccc(C)cc32)CC1. The Labute approximate surface area is 237 Å². The quantitative estimate of drug-likeness (QED) is 0.446. The van der Waals surface area contributed by atoms with Gasteiger partial charge in [0, 0.05) is 74.9 Å². The van der Waals surface area contributed by atoms with Gasteiger partial charge in [0.25, 0.3) is 0 Å². The van der Waals surface area contributed by atoms with Gasteiger partial charge in [0.2, 0.25) is 5.91 Å². The molecule has 1 N–H and O–H groups in total. The third-order valence-electron chi connectivity index (χ3n) is 9.43. The first-order valence-electron chi connectivity index (χ1n) is 15.1. The molecule has 2 aromatic carbocycles. The molecule has 1 aromatic heterocycles. The number of carboxylic acids is 1. The first-order chi connectivity index (χ1) is 19.4. The molecule has 7 heteroatoms. The molecule has 7 nitrogen and oxygen atoms in total. The number of anilines is 1. The smallest absolute Gasteiger partial charge is 0.335 e. The molecule has 1 amide bonds. The van der Waals surface area contributed by atoms with Crippen molar-refractivity contribution in [2.45, 2.75) is 64.8 Å². The molecule has 0 radical (unpaired) electrons. The Hall–Kier alpha value is -3.32. The number of aromatic carboxylic acids is 1. The summed E-state index contributed by atoms with van der Waals surface area (Å²) in [6, 6.07) is 12.6. The second-order valence-corrected chi connectivity index (χ2v) is 12.0. The molecule has 0 atom stereocenters. The first kappa shape index (κ1) is 26.9. The van der Waals surface area contributed by atoms with Gasteiger partial charge in [0.05, 0.1) is 11.3 Å². The lowest BCUT2D eigenvalue weighted by atomic mass is 9.81. The normalized spacial score (nSPS) is 18.8. The van der Waals surface area contributed by atoms with E-state index in [1.807, 2.05) is 11.0 Å². The maximum absolute atomic E-state index is 12.0. The monoisotopic (exact) mass is 542 g/mol. The van der Waals surface area contributed by atoms with Crippen LogP contribution < -0.4 is 4.90 Å². The predicted molar refractivity (Wildman–Crippen MR) is 160 cm³/mol. The van der Waals surface area contributed by atoms with Gasteiger partial charge in [-0.05, 0) is 68.0 Å². The van der Waals surface area contributed by atoms with Crippen LogP contribution >= 0.6 is 0 Å². The van der Waals surface area contributed by atoms with E-state index >= 15 is 0 Å². The number of hydrogen-bond acceptors (Lipinski definition) is 4. The van der Waals surface area contributed by atoms with Gasteiger partial charge in [-0.2, -0.15) is 0 Å². The first-order valence-corrected chi connectivity index (χ1v) is 15.1. The minimum atomic E-state index is -0.872. The van der Waals surface area contributed by atoms with Crippen LogP contribution in [0, 0.1) is 6.92 Å². The number of aryl methyl sites for hydroxylation is 1. The average molecular weight is 543 g/mol. The van der Waals surface area contributed by atoms with E-state index in [1.165, 1.54) is 65.6 Å². The summed E-state index contributed by atoms with van der Waals surface area (Å²) in [7, 11) is 0. The van der Waals surface area contributed by atoms with Crippen molar-refractivity contribution in [1.29, 1.82) is 0 Å². The number of hydrogen-bond donors (Lipinski definition) is 1. The van der Waals surface area contributed by atoms with Gasteiger partial charge in [-0.1, -0.05) is 37.5 Å². The van der Waals surface area contributed by atoms with Crippen molar-refractivity contribution in [3.63, 3.8) is 0 Å². The molecule has 0 spiro atoms. The van der Waals surface area contributed by atoms with Crippen LogP contribution in [0.5, 0.6) is 0 Å². The Bertz CT molecular complexity index is 1420. The highest BCUT2D eigenvalue weighted by Gasteiger charge is 2.31. The summed E-state index contributed by atoms with van der Waals surface area (Å²) >= 11 is 0. The summed E-state index contributed by atoms with van der Waals surface area (Å²) < 4.78 is 2.43. The van der Waals surface area contributed by atoms with Crippen LogP contribution in [-0.2, 0) is 11.3 Å². The summed E-state index contributed by atoms with van der Waals surface area (Å²) in [6.07, 6.45) is 7.23. The molecule has 2 fully saturated rings. The zero-order chi connectivity index (χ0) is 27.8. The number of amides is 1. The Morgan fingerprint density at radius 2 is 1.70 bits per heavy atom. The van der Waals surface area contributed by atoms with Crippen LogP contribution in [0.4, 0.5) is 5.69 Å². The summed E-state index contributed by atoms with van der Waals surface area (Å²) in [5.41, 5.74) is 7.96. The highest BCUT2D eigenvalue weighted by Crippen LogP contribution is 2.47. The van der Waals surface area contributed by atoms with E-state index in [1.54, 1.807) is 13.0 Å². The number of fused-ring (bicyclic) bond motifs is 5. The Morgan fingerprint density at radius 3 is 2.48 bits per heavy atom. The fourth-order valence-corrected chi connectivity index (χ4v) is 7.28. The van der Waals surface area contributed by atoms with E-state index in [9.17, 15) is 14.7 Å². The van der Waals surface area contributed by atoms with Gasteiger partial charge in [0.15, 0.2) is 0 Å². The Morgan fingerprint density at radius 1 is 0.875 bits per heavy atom. The molecule has 3 aliphatic rings. The van der Waals surface area contributed by atoms with Gasteiger partial charge in [0.1, 0.15) is 0 Å². The van der Waals surface area contributed by atoms with Gasteiger partial charge < -0.3 is 19.5 Å². The number of nitrogens with zero attached hydrogens (tertiary/aromatic N) is 4. The molecule has 3 aromatic rings. The summed E-state index contributed by atoms with van der Waals surface area (Å²) in [4.78, 5) is 30.9. The lowest BCUT2D eigenvalue weighted by Crippen LogP contribution is -2.38. The van der Waals surface area contributed by atoms with Crippen LogP contribution in [-0.4, -0.2) is 77.2 Å². The largest absolute Gasteiger partial charge is 0.478 e. The van der Waals surface area contributed by atoms with Crippen molar-refractivity contribution in [3.8, 4) is 11.3 Å². The molecule has 0 bridgehead atoms. The van der Waals surface area contributed by atoms with Crippen LogP contribution in [0.1, 0.15) is 72.9 Å². The average Bonchev–Trinajstić information content (AvgIpc) is 3.06. The van der Waals surface area contributed by atoms with E-state index in [0.29, 0.717) is 11.5 Å². The van der Waals surface area contributed by atoms with Crippen molar-refractivity contribution in [2.24, 2.45) is 0 Å². The van der Waals surface area contributed by atoms with Crippen molar-refractivity contribution in [3.05, 3.63) is 53.1 Å². The Balaban J connectivity index is 1.39. The fraction of sp³-hybridized carbons (Fsp3) is 0.515. The maximum Gasteiger partial charge on any atom is 0.335 e. The van der Waals surface area contributed by atoms with Crippen LogP contribution in [0.3, 0.4) is 0 Å². The van der Waals surface area contributed by atoms with E-state index < -0.39 is 5.97 Å². The minimum absolute atomic E-state index is 0.174. The number of carbonyl (C=O) groups is 2. The lowest BCUT2D eigenvalue weighted by Gasteiger charge is -2.29. The summed E-state index contributed by atoms with van der Waals surface area (Å²) in [5, 5.41) is 11.0. The zero-order valence-electron chi connectivity index (χ0n) is 24.0. The van der Waals surface area contributed by atoms with Gasteiger partial charge in [-0.25, -0.2) is 4.79 Å². The van der Waals surface area contributed by atoms with Crippen molar-refractivity contribution >= 4 is 28.5 Å². The third-order valence-corrected chi connectivity index (χ3v) is 9.43. The van der Waals surface area contributed by atoms with Crippen molar-refractivity contribution < 1.29 is 14.7 Å². The summed E-state index contributed by atoms with van der Waals surface area (Å²) in [5.74, 6) is -0.193. The summed E-state index contributed by atoms with van der Waals surface area (Å²) in [6.45, 7) is 11.0. The van der Waals surface area contributed by atoms with Gasteiger partial charge in [-0.15, -0.1) is 0 Å². The molecule has 40 heavy (non-hydrogen) atoms. The molecule has 0 unspecified atom stereocenters. The van der Waals surface area contributed by atoms with Crippen LogP contribution in [0.25, 0.3) is 22.2 Å². The minimum Gasteiger partial charge on any atom is -0.478 e. The molecular weight excluding hydrogens is 500 g/mol. The second kappa shape index (κ2) is 11.3.